The van der Waals surface area contributed by atoms with Crippen LogP contribution in [0.5, 0.6) is 5.75 Å². The molecule has 1 heterocycles. The average molecular weight is 383 g/mol. The van der Waals surface area contributed by atoms with Crippen molar-refractivity contribution in [2.75, 3.05) is 27.2 Å². The van der Waals surface area contributed by atoms with Crippen LogP contribution in [-0.2, 0) is 9.59 Å². The Hall–Kier alpha value is -2.28. The summed E-state index contributed by atoms with van der Waals surface area (Å²) in [6.45, 7) is 0.817. The van der Waals surface area contributed by atoms with Gasteiger partial charge in [-0.3, -0.25) is 14.4 Å². The molecule has 142 valence electrons. The molecule has 26 heavy (non-hydrogen) atoms. The molecule has 1 aromatic rings. The summed E-state index contributed by atoms with van der Waals surface area (Å²) >= 11 is 6.01. The van der Waals surface area contributed by atoms with Gasteiger partial charge in [0.15, 0.2) is 0 Å². The zero-order valence-electron chi connectivity index (χ0n) is 14.9. The van der Waals surface area contributed by atoms with E-state index < -0.39 is 12.0 Å². The number of nitrogens with zero attached hydrogens (tertiary/aromatic N) is 2. The largest absolute Gasteiger partial charge is 0.496 e. The van der Waals surface area contributed by atoms with E-state index in [4.69, 9.17) is 21.4 Å². The van der Waals surface area contributed by atoms with Crippen LogP contribution in [0.2, 0.25) is 5.02 Å². The fourth-order valence-corrected chi connectivity index (χ4v) is 3.27. The van der Waals surface area contributed by atoms with E-state index in [1.807, 2.05) is 0 Å². The number of benzene rings is 1. The van der Waals surface area contributed by atoms with Crippen molar-refractivity contribution in [2.45, 2.75) is 31.7 Å². The molecule has 8 heteroatoms. The van der Waals surface area contributed by atoms with Crippen LogP contribution < -0.4 is 4.74 Å². The molecule has 7 nitrogen and oxygen atoms in total. The highest BCUT2D eigenvalue weighted by atomic mass is 35.5. The number of likely N-dealkylation sites (tertiary alicyclic amines) is 1. The molecule has 0 aliphatic carbocycles. The number of carbonyl (C=O) groups is 3. The number of carboxylic acids is 1. The second-order valence-electron chi connectivity index (χ2n) is 6.26. The van der Waals surface area contributed by atoms with E-state index in [2.05, 4.69) is 0 Å². The third-order valence-corrected chi connectivity index (χ3v) is 4.69. The Morgan fingerprint density at radius 2 is 2.12 bits per heavy atom. The highest BCUT2D eigenvalue weighted by molar-refractivity contribution is 6.31. The molecule has 2 rings (SSSR count). The van der Waals surface area contributed by atoms with Gasteiger partial charge in [-0.05, 0) is 37.5 Å². The maximum Gasteiger partial charge on any atom is 0.303 e. The number of halogens is 1. The quantitative estimate of drug-likeness (QED) is 0.781. The van der Waals surface area contributed by atoms with Crippen molar-refractivity contribution in [1.29, 1.82) is 0 Å². The first-order valence-electron chi connectivity index (χ1n) is 8.46. The lowest BCUT2D eigenvalue weighted by molar-refractivity contribution is -0.138. The van der Waals surface area contributed by atoms with E-state index >= 15 is 0 Å². The molecule has 0 radical (unpaired) electrons. The zero-order valence-corrected chi connectivity index (χ0v) is 15.7. The summed E-state index contributed by atoms with van der Waals surface area (Å²) in [6, 6.07) is 4.25. The summed E-state index contributed by atoms with van der Waals surface area (Å²) in [5.41, 5.74) is 0.327. The summed E-state index contributed by atoms with van der Waals surface area (Å²) in [4.78, 5) is 39.3. The van der Waals surface area contributed by atoms with Crippen LogP contribution in [0.25, 0.3) is 0 Å². The maximum absolute atomic E-state index is 13.0. The number of aliphatic carboxylic acids is 1. The summed E-state index contributed by atoms with van der Waals surface area (Å²) in [7, 11) is 3.11. The standard InChI is InChI=1S/C18H23ClN2O5/c1-20(9-4-6-16(22)23)18(25)14-5-3-10-21(14)17(24)13-11-12(19)7-8-15(13)26-2/h7-8,11,14H,3-6,9-10H2,1-2H3,(H,22,23). The van der Waals surface area contributed by atoms with Crippen molar-refractivity contribution < 1.29 is 24.2 Å². The lowest BCUT2D eigenvalue weighted by Crippen LogP contribution is -2.46. The average Bonchev–Trinajstić information content (AvgIpc) is 3.09. The summed E-state index contributed by atoms with van der Waals surface area (Å²) in [5, 5.41) is 9.13. The Labute approximate surface area is 157 Å². The molecule has 1 aliphatic rings. The van der Waals surface area contributed by atoms with E-state index in [-0.39, 0.29) is 18.2 Å². The molecular formula is C18H23ClN2O5. The van der Waals surface area contributed by atoms with Crippen LogP contribution in [0.15, 0.2) is 18.2 Å². The van der Waals surface area contributed by atoms with Crippen molar-refractivity contribution in [1.82, 2.24) is 9.80 Å². The van der Waals surface area contributed by atoms with Crippen LogP contribution in [0.3, 0.4) is 0 Å². The van der Waals surface area contributed by atoms with Crippen LogP contribution in [0, 0.1) is 0 Å². The topological polar surface area (TPSA) is 87.2 Å². The highest BCUT2D eigenvalue weighted by Crippen LogP contribution is 2.28. The number of carboxylic acid groups (broad SMARTS) is 1. The number of hydrogen-bond acceptors (Lipinski definition) is 4. The Morgan fingerprint density at radius 1 is 1.38 bits per heavy atom. The molecule has 0 bridgehead atoms. The fourth-order valence-electron chi connectivity index (χ4n) is 3.10. The monoisotopic (exact) mass is 382 g/mol. The summed E-state index contributed by atoms with van der Waals surface area (Å²) in [5.74, 6) is -0.953. The van der Waals surface area contributed by atoms with E-state index in [0.29, 0.717) is 42.3 Å². The van der Waals surface area contributed by atoms with E-state index in [0.717, 1.165) is 6.42 Å². The second-order valence-corrected chi connectivity index (χ2v) is 6.69. The van der Waals surface area contributed by atoms with Gasteiger partial charge in [0, 0.05) is 31.6 Å². The number of carbonyl (C=O) groups excluding carboxylic acids is 2. The van der Waals surface area contributed by atoms with Gasteiger partial charge < -0.3 is 19.6 Å². The fraction of sp³-hybridized carbons (Fsp3) is 0.500. The Kier molecular flexibility index (Phi) is 6.85. The molecule has 1 fully saturated rings. The second kappa shape index (κ2) is 8.89. The molecule has 1 saturated heterocycles. The number of amides is 2. The molecule has 0 spiro atoms. The van der Waals surface area contributed by atoms with Gasteiger partial charge in [0.05, 0.1) is 12.7 Å². The minimum absolute atomic E-state index is 0.00461. The van der Waals surface area contributed by atoms with Crippen molar-refractivity contribution in [2.24, 2.45) is 0 Å². The van der Waals surface area contributed by atoms with Gasteiger partial charge in [-0.2, -0.15) is 0 Å². The molecule has 1 unspecified atom stereocenters. The molecule has 0 saturated carbocycles. The first kappa shape index (κ1) is 20.0. The zero-order chi connectivity index (χ0) is 19.3. The first-order valence-corrected chi connectivity index (χ1v) is 8.84. The SMILES string of the molecule is COc1ccc(Cl)cc1C(=O)N1CCCC1C(=O)N(C)CCCC(=O)O. The van der Waals surface area contributed by atoms with Gasteiger partial charge in [0.25, 0.3) is 5.91 Å². The molecular weight excluding hydrogens is 360 g/mol. The van der Waals surface area contributed by atoms with Crippen molar-refractivity contribution in [3.63, 3.8) is 0 Å². The lowest BCUT2D eigenvalue weighted by Gasteiger charge is -2.28. The van der Waals surface area contributed by atoms with Gasteiger partial charge in [-0.15, -0.1) is 0 Å². The Bertz CT molecular complexity index is 694. The van der Waals surface area contributed by atoms with Crippen LogP contribution >= 0.6 is 11.6 Å². The third kappa shape index (κ3) is 4.66. The molecule has 0 aromatic heterocycles. The predicted molar refractivity (Wildman–Crippen MR) is 96.6 cm³/mol. The van der Waals surface area contributed by atoms with Gasteiger partial charge in [0.1, 0.15) is 11.8 Å². The van der Waals surface area contributed by atoms with Crippen molar-refractivity contribution in [3.8, 4) is 5.75 Å². The van der Waals surface area contributed by atoms with E-state index in [9.17, 15) is 14.4 Å². The van der Waals surface area contributed by atoms with Crippen molar-refractivity contribution in [3.05, 3.63) is 28.8 Å². The molecule has 2 amide bonds. The molecule has 1 atom stereocenters. The number of rotatable bonds is 7. The van der Waals surface area contributed by atoms with Gasteiger partial charge >= 0.3 is 5.97 Å². The first-order chi connectivity index (χ1) is 12.3. The van der Waals surface area contributed by atoms with Crippen LogP contribution in [0.1, 0.15) is 36.0 Å². The summed E-state index contributed by atoms with van der Waals surface area (Å²) in [6.07, 6.45) is 1.69. The van der Waals surface area contributed by atoms with Crippen molar-refractivity contribution >= 4 is 29.4 Å². The number of ether oxygens (including phenoxy) is 1. The van der Waals surface area contributed by atoms with E-state index in [1.165, 1.54) is 12.0 Å². The smallest absolute Gasteiger partial charge is 0.303 e. The third-order valence-electron chi connectivity index (χ3n) is 4.45. The molecule has 1 aromatic carbocycles. The number of methoxy groups -OCH3 is 1. The maximum atomic E-state index is 13.0. The van der Waals surface area contributed by atoms with Crippen LogP contribution in [-0.4, -0.2) is 66.0 Å². The molecule has 1 aliphatic heterocycles. The Morgan fingerprint density at radius 3 is 2.77 bits per heavy atom. The van der Waals surface area contributed by atoms with Crippen LogP contribution in [0.4, 0.5) is 0 Å². The number of hydrogen-bond donors (Lipinski definition) is 1. The number of likely N-dealkylation sites (N-methyl/N-ethyl adjacent to an activating group) is 1. The van der Waals surface area contributed by atoms with Gasteiger partial charge in [0.2, 0.25) is 5.91 Å². The minimum atomic E-state index is -0.892. The van der Waals surface area contributed by atoms with Gasteiger partial charge in [-0.25, -0.2) is 0 Å². The predicted octanol–water partition coefficient (Wildman–Crippen LogP) is 2.28. The highest BCUT2D eigenvalue weighted by Gasteiger charge is 2.36. The summed E-state index contributed by atoms with van der Waals surface area (Å²) < 4.78 is 5.24. The van der Waals surface area contributed by atoms with E-state index in [1.54, 1.807) is 30.1 Å². The minimum Gasteiger partial charge on any atom is -0.496 e. The Balaban J connectivity index is 2.11. The lowest BCUT2D eigenvalue weighted by atomic mass is 10.1. The van der Waals surface area contributed by atoms with Gasteiger partial charge in [-0.1, -0.05) is 11.6 Å². The molecule has 1 N–H and O–H groups in total. The normalized spacial score (nSPS) is 16.4.